The SMILES string of the molecule is CCC(=O)n1nc(NCc2ccc(C)cc2)nc1NCc1ccc(C)cc1. The van der Waals surface area contributed by atoms with Crippen LogP contribution in [0.5, 0.6) is 0 Å². The summed E-state index contributed by atoms with van der Waals surface area (Å²) < 4.78 is 1.34. The van der Waals surface area contributed by atoms with Crippen LogP contribution in [0, 0.1) is 13.8 Å². The first-order valence-corrected chi connectivity index (χ1v) is 9.14. The number of benzene rings is 2. The zero-order valence-electron chi connectivity index (χ0n) is 16.0. The van der Waals surface area contributed by atoms with Crippen LogP contribution >= 0.6 is 0 Å². The average molecular weight is 363 g/mol. The van der Waals surface area contributed by atoms with E-state index < -0.39 is 0 Å². The standard InChI is InChI=1S/C21H25N5O/c1-4-19(27)26-21(23-14-18-11-7-16(3)8-12-18)24-20(25-26)22-13-17-9-5-15(2)6-10-17/h5-12H,4,13-14H2,1-3H3,(H2,22,23,24,25). The Bertz CT molecular complexity index is 897. The third-order valence-corrected chi connectivity index (χ3v) is 4.29. The second kappa shape index (κ2) is 8.49. The Balaban J connectivity index is 1.70. The van der Waals surface area contributed by atoms with Crippen LogP contribution in [0.25, 0.3) is 0 Å². The Hall–Kier alpha value is -3.15. The molecule has 3 rings (SSSR count). The molecule has 6 nitrogen and oxygen atoms in total. The van der Waals surface area contributed by atoms with Gasteiger partial charge in [-0.3, -0.25) is 4.79 Å². The van der Waals surface area contributed by atoms with Crippen molar-refractivity contribution < 1.29 is 4.79 Å². The molecule has 6 heteroatoms. The molecule has 1 aromatic heterocycles. The molecular formula is C21H25N5O. The third-order valence-electron chi connectivity index (χ3n) is 4.29. The third kappa shape index (κ3) is 4.94. The summed E-state index contributed by atoms with van der Waals surface area (Å²) in [5, 5.41) is 10.7. The van der Waals surface area contributed by atoms with Crippen LogP contribution in [0.3, 0.4) is 0 Å². The topological polar surface area (TPSA) is 71.8 Å². The number of nitrogens with one attached hydrogen (secondary N) is 2. The number of nitrogens with zero attached hydrogens (tertiary/aromatic N) is 3. The minimum absolute atomic E-state index is 0.0997. The second-order valence-corrected chi connectivity index (χ2v) is 6.60. The van der Waals surface area contributed by atoms with Gasteiger partial charge in [0.1, 0.15) is 0 Å². The maximum absolute atomic E-state index is 12.2. The summed E-state index contributed by atoms with van der Waals surface area (Å²) in [6.45, 7) is 7.10. The van der Waals surface area contributed by atoms with E-state index in [0.29, 0.717) is 31.4 Å². The lowest BCUT2D eigenvalue weighted by molar-refractivity contribution is 0.0895. The van der Waals surface area contributed by atoms with E-state index in [9.17, 15) is 4.79 Å². The first-order chi connectivity index (χ1) is 13.0. The summed E-state index contributed by atoms with van der Waals surface area (Å²) in [5.74, 6) is 0.787. The molecule has 1 heterocycles. The molecule has 0 unspecified atom stereocenters. The van der Waals surface area contributed by atoms with Crippen molar-refractivity contribution in [3.05, 3.63) is 70.8 Å². The van der Waals surface area contributed by atoms with Crippen LogP contribution in [-0.4, -0.2) is 20.7 Å². The first kappa shape index (κ1) is 18.6. The van der Waals surface area contributed by atoms with E-state index in [4.69, 9.17) is 0 Å². The fourth-order valence-electron chi connectivity index (χ4n) is 2.60. The molecule has 0 aliphatic heterocycles. The second-order valence-electron chi connectivity index (χ2n) is 6.60. The molecule has 0 spiro atoms. The number of carbonyl (C=O) groups excluding carboxylic acids is 1. The fraction of sp³-hybridized carbons (Fsp3) is 0.286. The highest BCUT2D eigenvalue weighted by molar-refractivity contribution is 5.80. The highest BCUT2D eigenvalue weighted by Crippen LogP contribution is 2.13. The van der Waals surface area contributed by atoms with E-state index in [2.05, 4.69) is 83.1 Å². The van der Waals surface area contributed by atoms with Gasteiger partial charge in [0.15, 0.2) is 0 Å². The highest BCUT2D eigenvalue weighted by atomic mass is 16.2. The fourth-order valence-corrected chi connectivity index (χ4v) is 2.60. The van der Waals surface area contributed by atoms with E-state index in [0.717, 1.165) is 11.1 Å². The van der Waals surface area contributed by atoms with Gasteiger partial charge in [0.05, 0.1) is 0 Å². The maximum atomic E-state index is 12.2. The lowest BCUT2D eigenvalue weighted by Crippen LogP contribution is -2.15. The van der Waals surface area contributed by atoms with Crippen LogP contribution < -0.4 is 10.6 Å². The lowest BCUT2D eigenvalue weighted by Gasteiger charge is -2.06. The van der Waals surface area contributed by atoms with Crippen molar-refractivity contribution in [3.8, 4) is 0 Å². The number of aryl methyl sites for hydroxylation is 2. The molecule has 0 amide bonds. The van der Waals surface area contributed by atoms with Crippen LogP contribution in [0.15, 0.2) is 48.5 Å². The van der Waals surface area contributed by atoms with Crippen molar-refractivity contribution in [2.75, 3.05) is 10.6 Å². The van der Waals surface area contributed by atoms with Gasteiger partial charge in [0.2, 0.25) is 17.8 Å². The Morgan fingerprint density at radius 2 is 1.41 bits per heavy atom. The van der Waals surface area contributed by atoms with E-state index in [1.54, 1.807) is 0 Å². The quantitative estimate of drug-likeness (QED) is 0.659. The van der Waals surface area contributed by atoms with Crippen LogP contribution in [-0.2, 0) is 13.1 Å². The number of rotatable bonds is 7. The van der Waals surface area contributed by atoms with Gasteiger partial charge in [0, 0.05) is 19.5 Å². The van der Waals surface area contributed by atoms with Gasteiger partial charge in [-0.1, -0.05) is 66.6 Å². The monoisotopic (exact) mass is 363 g/mol. The van der Waals surface area contributed by atoms with Gasteiger partial charge in [0.25, 0.3) is 0 Å². The largest absolute Gasteiger partial charge is 0.350 e. The van der Waals surface area contributed by atoms with E-state index in [1.807, 2.05) is 6.92 Å². The molecule has 0 aliphatic rings. The van der Waals surface area contributed by atoms with Crippen molar-refractivity contribution in [2.45, 2.75) is 40.3 Å². The van der Waals surface area contributed by atoms with Gasteiger partial charge in [-0.05, 0) is 25.0 Å². The molecule has 2 N–H and O–H groups in total. The van der Waals surface area contributed by atoms with Crippen molar-refractivity contribution in [1.82, 2.24) is 14.8 Å². The van der Waals surface area contributed by atoms with Crippen molar-refractivity contribution in [2.24, 2.45) is 0 Å². The molecule has 2 aromatic carbocycles. The molecule has 0 saturated carbocycles. The molecule has 0 radical (unpaired) electrons. The average Bonchev–Trinajstić information content (AvgIpc) is 3.10. The van der Waals surface area contributed by atoms with Crippen LogP contribution in [0.2, 0.25) is 0 Å². The Morgan fingerprint density at radius 1 is 0.889 bits per heavy atom. The molecule has 0 fully saturated rings. The first-order valence-electron chi connectivity index (χ1n) is 9.14. The normalized spacial score (nSPS) is 10.6. The van der Waals surface area contributed by atoms with E-state index in [-0.39, 0.29) is 5.91 Å². The predicted molar refractivity (Wildman–Crippen MR) is 108 cm³/mol. The smallest absolute Gasteiger partial charge is 0.249 e. The minimum atomic E-state index is -0.0997. The Morgan fingerprint density at radius 3 is 1.93 bits per heavy atom. The maximum Gasteiger partial charge on any atom is 0.249 e. The van der Waals surface area contributed by atoms with Gasteiger partial charge >= 0.3 is 0 Å². The summed E-state index contributed by atoms with van der Waals surface area (Å²) in [7, 11) is 0. The Labute approximate surface area is 159 Å². The molecule has 3 aromatic rings. The summed E-state index contributed by atoms with van der Waals surface area (Å²) in [6.07, 6.45) is 0.361. The predicted octanol–water partition coefficient (Wildman–Crippen LogP) is 4.17. The number of aromatic nitrogens is 3. The lowest BCUT2D eigenvalue weighted by atomic mass is 10.1. The molecule has 0 aliphatic carbocycles. The van der Waals surface area contributed by atoms with Gasteiger partial charge < -0.3 is 10.6 Å². The van der Waals surface area contributed by atoms with Crippen LogP contribution in [0.4, 0.5) is 11.9 Å². The van der Waals surface area contributed by atoms with E-state index >= 15 is 0 Å². The van der Waals surface area contributed by atoms with E-state index in [1.165, 1.54) is 15.8 Å². The molecular weight excluding hydrogens is 338 g/mol. The van der Waals surface area contributed by atoms with Crippen LogP contribution in [0.1, 0.15) is 40.4 Å². The molecule has 140 valence electrons. The Kier molecular flexibility index (Phi) is 5.86. The van der Waals surface area contributed by atoms with Crippen molar-refractivity contribution in [3.63, 3.8) is 0 Å². The van der Waals surface area contributed by atoms with Crippen molar-refractivity contribution in [1.29, 1.82) is 0 Å². The number of carbonyl (C=O) groups is 1. The zero-order valence-corrected chi connectivity index (χ0v) is 16.0. The number of anilines is 2. The minimum Gasteiger partial charge on any atom is -0.350 e. The molecule has 0 atom stereocenters. The van der Waals surface area contributed by atoms with Gasteiger partial charge in [-0.15, -0.1) is 5.10 Å². The van der Waals surface area contributed by atoms with Gasteiger partial charge in [-0.25, -0.2) is 0 Å². The number of hydrogen-bond acceptors (Lipinski definition) is 5. The summed E-state index contributed by atoms with van der Waals surface area (Å²) >= 11 is 0. The molecule has 0 bridgehead atoms. The molecule has 27 heavy (non-hydrogen) atoms. The van der Waals surface area contributed by atoms with Crippen molar-refractivity contribution >= 4 is 17.8 Å². The van der Waals surface area contributed by atoms with Gasteiger partial charge in [-0.2, -0.15) is 9.67 Å². The zero-order chi connectivity index (χ0) is 19.2. The summed E-state index contributed by atoms with van der Waals surface area (Å²) in [5.41, 5.74) is 4.68. The summed E-state index contributed by atoms with van der Waals surface area (Å²) in [4.78, 5) is 16.7. The number of hydrogen-bond donors (Lipinski definition) is 2. The highest BCUT2D eigenvalue weighted by Gasteiger charge is 2.14. The summed E-state index contributed by atoms with van der Waals surface area (Å²) in [6, 6.07) is 16.5. The molecule has 0 saturated heterocycles.